The van der Waals surface area contributed by atoms with Crippen LogP contribution in [0.25, 0.3) is 0 Å². The van der Waals surface area contributed by atoms with Gasteiger partial charge < -0.3 is 9.80 Å². The van der Waals surface area contributed by atoms with E-state index < -0.39 is 33.4 Å². The first-order valence-electron chi connectivity index (χ1n) is 10.8. The molecule has 176 valence electrons. The Morgan fingerprint density at radius 1 is 0.788 bits per heavy atom. The first-order valence-corrected chi connectivity index (χ1v) is 12.6. The number of sulfone groups is 1. The van der Waals surface area contributed by atoms with Crippen LogP contribution in [0.1, 0.15) is 22.0 Å². The first-order chi connectivity index (χ1) is 15.7. The third kappa shape index (κ3) is 5.22. The zero-order chi connectivity index (χ0) is 23.6. The summed E-state index contributed by atoms with van der Waals surface area (Å²) in [5, 5.41) is 0. The normalized spacial score (nSPS) is 19.8. The SMILES string of the molecule is O=C(c1ccc(F)c(F)c1)N1CCN(C(=O)C(c2ccccc2)N2CCS(=O)(=O)CC2)CC1. The van der Waals surface area contributed by atoms with Gasteiger partial charge in [0.25, 0.3) is 5.91 Å². The van der Waals surface area contributed by atoms with Crippen molar-refractivity contribution in [1.82, 2.24) is 14.7 Å². The van der Waals surface area contributed by atoms with Crippen LogP contribution in [-0.4, -0.2) is 85.7 Å². The molecule has 0 saturated carbocycles. The van der Waals surface area contributed by atoms with Crippen LogP contribution in [0.15, 0.2) is 48.5 Å². The summed E-state index contributed by atoms with van der Waals surface area (Å²) in [5.74, 6) is -2.62. The maximum absolute atomic E-state index is 13.5. The Morgan fingerprint density at radius 2 is 1.39 bits per heavy atom. The standard InChI is InChI=1S/C23H25F2N3O4S/c24-19-7-6-18(16-20(19)25)22(29)27-8-10-28(11-9-27)23(30)21(17-4-2-1-3-5-17)26-12-14-33(31,32)15-13-26/h1-7,16,21H,8-15H2. The fourth-order valence-corrected chi connectivity index (χ4v) is 5.47. The molecule has 0 N–H and O–H groups in total. The number of rotatable bonds is 4. The molecule has 7 nitrogen and oxygen atoms in total. The molecule has 2 aromatic rings. The third-order valence-electron chi connectivity index (χ3n) is 6.14. The summed E-state index contributed by atoms with van der Waals surface area (Å²) in [6.07, 6.45) is 0. The molecule has 2 fully saturated rings. The van der Waals surface area contributed by atoms with E-state index >= 15 is 0 Å². The van der Waals surface area contributed by atoms with Gasteiger partial charge in [-0.25, -0.2) is 17.2 Å². The second-order valence-corrected chi connectivity index (χ2v) is 10.6. The van der Waals surface area contributed by atoms with Gasteiger partial charge in [-0.1, -0.05) is 30.3 Å². The van der Waals surface area contributed by atoms with E-state index in [1.165, 1.54) is 11.0 Å². The minimum Gasteiger partial charge on any atom is -0.337 e. The Hall–Kier alpha value is -2.85. The lowest BCUT2D eigenvalue weighted by atomic mass is 10.0. The molecular formula is C23H25F2N3O4S. The van der Waals surface area contributed by atoms with Crippen molar-refractivity contribution in [3.8, 4) is 0 Å². The number of hydrogen-bond donors (Lipinski definition) is 0. The van der Waals surface area contributed by atoms with Crippen molar-refractivity contribution in [2.24, 2.45) is 0 Å². The van der Waals surface area contributed by atoms with Crippen LogP contribution in [0.2, 0.25) is 0 Å². The highest BCUT2D eigenvalue weighted by atomic mass is 32.2. The molecular weight excluding hydrogens is 452 g/mol. The molecule has 2 saturated heterocycles. The van der Waals surface area contributed by atoms with E-state index in [9.17, 15) is 26.8 Å². The lowest BCUT2D eigenvalue weighted by molar-refractivity contribution is -0.138. The molecule has 2 amide bonds. The summed E-state index contributed by atoms with van der Waals surface area (Å²) in [6.45, 7) is 1.68. The van der Waals surface area contributed by atoms with Gasteiger partial charge in [0, 0.05) is 44.8 Å². The summed E-state index contributed by atoms with van der Waals surface area (Å²) in [5.41, 5.74) is 0.854. The molecule has 0 spiro atoms. The van der Waals surface area contributed by atoms with Gasteiger partial charge in [-0.3, -0.25) is 14.5 Å². The number of benzene rings is 2. The van der Waals surface area contributed by atoms with Crippen LogP contribution in [0.5, 0.6) is 0 Å². The molecule has 1 atom stereocenters. The molecule has 33 heavy (non-hydrogen) atoms. The van der Waals surface area contributed by atoms with Crippen LogP contribution < -0.4 is 0 Å². The molecule has 1 unspecified atom stereocenters. The number of carbonyl (C=O) groups excluding carboxylic acids is 2. The molecule has 0 aromatic heterocycles. The summed E-state index contributed by atoms with van der Waals surface area (Å²) in [7, 11) is -3.09. The van der Waals surface area contributed by atoms with Gasteiger partial charge >= 0.3 is 0 Å². The van der Waals surface area contributed by atoms with Gasteiger partial charge in [-0.05, 0) is 23.8 Å². The highest BCUT2D eigenvalue weighted by Crippen LogP contribution is 2.26. The molecule has 10 heteroatoms. The largest absolute Gasteiger partial charge is 0.337 e. The number of piperazine rings is 1. The number of hydrogen-bond acceptors (Lipinski definition) is 5. The zero-order valence-corrected chi connectivity index (χ0v) is 18.8. The second-order valence-electron chi connectivity index (χ2n) is 8.25. The minimum atomic E-state index is -3.09. The number of carbonyl (C=O) groups is 2. The Labute approximate surface area is 191 Å². The molecule has 2 aliphatic rings. The van der Waals surface area contributed by atoms with Gasteiger partial charge in [0.15, 0.2) is 21.5 Å². The summed E-state index contributed by atoms with van der Waals surface area (Å²) in [6, 6.07) is 11.7. The van der Waals surface area contributed by atoms with Crippen LogP contribution in [0, 0.1) is 11.6 Å². The summed E-state index contributed by atoms with van der Waals surface area (Å²) in [4.78, 5) is 31.3. The van der Waals surface area contributed by atoms with E-state index in [1.54, 1.807) is 4.90 Å². The van der Waals surface area contributed by atoms with Crippen molar-refractivity contribution in [2.75, 3.05) is 50.8 Å². The van der Waals surface area contributed by atoms with E-state index in [-0.39, 0.29) is 49.2 Å². The second kappa shape index (κ2) is 9.56. The molecule has 0 radical (unpaired) electrons. The lowest BCUT2D eigenvalue weighted by Crippen LogP contribution is -2.54. The first kappa shape index (κ1) is 23.3. The van der Waals surface area contributed by atoms with Gasteiger partial charge in [0.2, 0.25) is 5.91 Å². The molecule has 0 aliphatic carbocycles. The predicted molar refractivity (Wildman–Crippen MR) is 118 cm³/mol. The van der Waals surface area contributed by atoms with Gasteiger partial charge in [-0.2, -0.15) is 0 Å². The third-order valence-corrected chi connectivity index (χ3v) is 7.75. The quantitative estimate of drug-likeness (QED) is 0.670. The van der Waals surface area contributed by atoms with E-state index in [2.05, 4.69) is 0 Å². The van der Waals surface area contributed by atoms with Gasteiger partial charge in [-0.15, -0.1) is 0 Å². The Kier molecular flexibility index (Phi) is 6.76. The fraction of sp³-hybridized carbons (Fsp3) is 0.391. The van der Waals surface area contributed by atoms with Crippen molar-refractivity contribution in [1.29, 1.82) is 0 Å². The van der Waals surface area contributed by atoms with Gasteiger partial charge in [0.05, 0.1) is 11.5 Å². The van der Waals surface area contributed by atoms with E-state index in [1.807, 2.05) is 35.2 Å². The Bertz CT molecular complexity index is 1120. The monoisotopic (exact) mass is 477 g/mol. The number of amides is 2. The highest BCUT2D eigenvalue weighted by molar-refractivity contribution is 7.91. The zero-order valence-electron chi connectivity index (χ0n) is 18.0. The predicted octanol–water partition coefficient (Wildman–Crippen LogP) is 1.72. The van der Waals surface area contributed by atoms with Gasteiger partial charge in [0.1, 0.15) is 6.04 Å². The summed E-state index contributed by atoms with van der Waals surface area (Å²) < 4.78 is 50.4. The smallest absolute Gasteiger partial charge is 0.254 e. The van der Waals surface area contributed by atoms with E-state index in [4.69, 9.17) is 0 Å². The molecule has 0 bridgehead atoms. The van der Waals surface area contributed by atoms with E-state index in [0.29, 0.717) is 13.1 Å². The Morgan fingerprint density at radius 3 is 2.00 bits per heavy atom. The average Bonchev–Trinajstić information content (AvgIpc) is 2.82. The number of nitrogens with zero attached hydrogens (tertiary/aromatic N) is 3. The minimum absolute atomic E-state index is 0.0140. The van der Waals surface area contributed by atoms with E-state index in [0.717, 1.165) is 17.7 Å². The van der Waals surface area contributed by atoms with Crippen molar-refractivity contribution in [3.05, 3.63) is 71.3 Å². The molecule has 2 aliphatic heterocycles. The molecule has 4 rings (SSSR count). The molecule has 2 heterocycles. The lowest BCUT2D eigenvalue weighted by Gasteiger charge is -2.40. The van der Waals surface area contributed by atoms with Crippen LogP contribution in [-0.2, 0) is 14.6 Å². The van der Waals surface area contributed by atoms with Crippen molar-refractivity contribution in [2.45, 2.75) is 6.04 Å². The highest BCUT2D eigenvalue weighted by Gasteiger charge is 2.36. The van der Waals surface area contributed by atoms with Crippen LogP contribution in [0.4, 0.5) is 8.78 Å². The average molecular weight is 478 g/mol. The maximum Gasteiger partial charge on any atom is 0.254 e. The maximum atomic E-state index is 13.5. The molecule has 2 aromatic carbocycles. The van der Waals surface area contributed by atoms with Crippen LogP contribution >= 0.6 is 0 Å². The van der Waals surface area contributed by atoms with Crippen LogP contribution in [0.3, 0.4) is 0 Å². The fourth-order valence-electron chi connectivity index (χ4n) is 4.24. The number of halogens is 2. The Balaban J connectivity index is 1.46. The van der Waals surface area contributed by atoms with Crippen molar-refractivity contribution < 1.29 is 26.8 Å². The topological polar surface area (TPSA) is 78.0 Å². The van der Waals surface area contributed by atoms with Crippen molar-refractivity contribution >= 4 is 21.7 Å². The summed E-state index contributed by atoms with van der Waals surface area (Å²) >= 11 is 0. The van der Waals surface area contributed by atoms with Crippen molar-refractivity contribution in [3.63, 3.8) is 0 Å².